The molecule has 0 aliphatic heterocycles. The third kappa shape index (κ3) is 4.57. The van der Waals surface area contributed by atoms with Gasteiger partial charge in [0.05, 0.1) is 28.2 Å². The number of nitrogens with zero attached hydrogens (tertiary/aromatic N) is 12. The number of rotatable bonds is 8. The summed E-state index contributed by atoms with van der Waals surface area (Å²) in [5.74, 6) is 0. The second kappa shape index (κ2) is 10.9. The maximum absolute atomic E-state index is 4.42. The van der Waals surface area contributed by atoms with E-state index >= 15 is 0 Å². The van der Waals surface area contributed by atoms with Gasteiger partial charge in [-0.3, -0.25) is 0 Å². The normalized spacial score (nSPS) is 11.6. The number of aromatic nitrogens is 12. The molecular formula is C33H24N12. The van der Waals surface area contributed by atoms with E-state index in [0.717, 1.165) is 45.0 Å². The minimum Gasteiger partial charge on any atom is -0.223 e. The zero-order chi connectivity index (χ0) is 30.1. The average Bonchev–Trinajstić information content (AvgIpc) is 3.95. The molecule has 0 N–H and O–H groups in total. The highest BCUT2D eigenvalue weighted by Gasteiger charge is 2.39. The van der Waals surface area contributed by atoms with Crippen LogP contribution < -0.4 is 0 Å². The van der Waals surface area contributed by atoms with Crippen molar-refractivity contribution in [2.75, 3.05) is 0 Å². The fraction of sp³-hybridized carbons (Fsp3) is 0.0303. The minimum absolute atomic E-state index is 0.847. The molecule has 45 heavy (non-hydrogen) atoms. The number of benzene rings is 4. The highest BCUT2D eigenvalue weighted by Crippen LogP contribution is 2.46. The fourth-order valence-electron chi connectivity index (χ4n) is 5.89. The first-order chi connectivity index (χ1) is 22.3. The van der Waals surface area contributed by atoms with Gasteiger partial charge in [-0.2, -0.15) is 20.4 Å². The van der Waals surface area contributed by atoms with Crippen LogP contribution in [0, 0.1) is 0 Å². The Morgan fingerprint density at radius 3 is 0.844 bits per heavy atom. The van der Waals surface area contributed by atoms with E-state index in [4.69, 9.17) is 0 Å². The van der Waals surface area contributed by atoms with E-state index in [1.807, 2.05) is 48.5 Å². The van der Waals surface area contributed by atoms with Crippen LogP contribution in [0.2, 0.25) is 0 Å². The molecular weight excluding hydrogens is 564 g/mol. The Balaban J connectivity index is 1.47. The van der Waals surface area contributed by atoms with Gasteiger partial charge in [-0.25, -0.2) is 38.7 Å². The van der Waals surface area contributed by atoms with Gasteiger partial charge >= 0.3 is 0 Å². The third-order valence-corrected chi connectivity index (χ3v) is 7.85. The molecule has 0 fully saturated rings. The molecule has 0 bridgehead atoms. The maximum atomic E-state index is 4.42. The van der Waals surface area contributed by atoms with Crippen LogP contribution in [0.25, 0.3) is 22.7 Å². The summed E-state index contributed by atoms with van der Waals surface area (Å²) in [6, 6.07) is 33.5. The lowest BCUT2D eigenvalue weighted by Gasteiger charge is -2.37. The van der Waals surface area contributed by atoms with Crippen LogP contribution in [0.5, 0.6) is 0 Å². The van der Waals surface area contributed by atoms with Gasteiger partial charge in [-0.1, -0.05) is 48.5 Å². The quantitative estimate of drug-likeness (QED) is 0.240. The van der Waals surface area contributed by atoms with Gasteiger partial charge in [-0.05, 0) is 70.8 Å². The van der Waals surface area contributed by atoms with Crippen molar-refractivity contribution in [1.29, 1.82) is 0 Å². The lowest BCUT2D eigenvalue weighted by Crippen LogP contribution is -2.32. The maximum Gasteiger partial charge on any atom is 0.138 e. The predicted molar refractivity (Wildman–Crippen MR) is 164 cm³/mol. The van der Waals surface area contributed by atoms with Crippen molar-refractivity contribution < 1.29 is 0 Å². The van der Waals surface area contributed by atoms with Crippen molar-refractivity contribution in [3.63, 3.8) is 0 Å². The summed E-state index contributed by atoms with van der Waals surface area (Å²) in [4.78, 5) is 16.8. The molecule has 0 saturated heterocycles. The Labute approximate surface area is 257 Å². The van der Waals surface area contributed by atoms with Gasteiger partial charge < -0.3 is 0 Å². The molecule has 4 aromatic carbocycles. The van der Waals surface area contributed by atoms with Crippen molar-refractivity contribution in [3.05, 3.63) is 170 Å². The molecule has 0 saturated carbocycles. The molecule has 0 aliphatic rings. The van der Waals surface area contributed by atoms with Gasteiger partial charge in [0.1, 0.15) is 50.6 Å². The van der Waals surface area contributed by atoms with E-state index in [2.05, 4.69) is 88.9 Å². The summed E-state index contributed by atoms with van der Waals surface area (Å²) in [6.07, 6.45) is 12.9. The molecule has 0 aliphatic carbocycles. The van der Waals surface area contributed by atoms with Crippen LogP contribution in [0.4, 0.5) is 0 Å². The van der Waals surface area contributed by atoms with Gasteiger partial charge in [0.2, 0.25) is 0 Å². The minimum atomic E-state index is -0.847. The average molecular weight is 589 g/mol. The number of hydrogen-bond acceptors (Lipinski definition) is 8. The molecule has 12 heteroatoms. The molecule has 0 atom stereocenters. The zero-order valence-corrected chi connectivity index (χ0v) is 23.7. The van der Waals surface area contributed by atoms with E-state index in [0.29, 0.717) is 0 Å². The lowest BCUT2D eigenvalue weighted by molar-refractivity contribution is 0.732. The first kappa shape index (κ1) is 26.1. The Bertz CT molecular complexity index is 1850. The van der Waals surface area contributed by atoms with Crippen LogP contribution in [0.1, 0.15) is 22.3 Å². The van der Waals surface area contributed by atoms with Gasteiger partial charge in [0.25, 0.3) is 0 Å². The van der Waals surface area contributed by atoms with Crippen LogP contribution in [0.3, 0.4) is 0 Å². The van der Waals surface area contributed by atoms with Crippen molar-refractivity contribution in [3.8, 4) is 22.7 Å². The predicted octanol–water partition coefficient (Wildman–Crippen LogP) is 4.39. The topological polar surface area (TPSA) is 123 Å². The molecule has 216 valence electrons. The monoisotopic (exact) mass is 588 g/mol. The van der Waals surface area contributed by atoms with Crippen LogP contribution in [-0.4, -0.2) is 59.1 Å². The SMILES string of the molecule is c1cc(-n2cncn2)cc(C(c2cccc(-n3cncn3)c2)(c2cccc(-n3cncn3)c2)c2cccc(-n3cncn3)c2)c1. The summed E-state index contributed by atoms with van der Waals surface area (Å²) in [5.41, 5.74) is 6.71. The van der Waals surface area contributed by atoms with Crippen molar-refractivity contribution in [2.24, 2.45) is 0 Å². The van der Waals surface area contributed by atoms with Crippen molar-refractivity contribution in [1.82, 2.24) is 59.1 Å². The molecule has 4 heterocycles. The zero-order valence-electron chi connectivity index (χ0n) is 23.7. The van der Waals surface area contributed by atoms with Gasteiger partial charge in [-0.15, -0.1) is 0 Å². The summed E-state index contributed by atoms with van der Waals surface area (Å²) in [6.45, 7) is 0. The molecule has 0 amide bonds. The van der Waals surface area contributed by atoms with Crippen molar-refractivity contribution >= 4 is 0 Å². The Kier molecular flexibility index (Phi) is 6.34. The lowest BCUT2D eigenvalue weighted by atomic mass is 9.65. The van der Waals surface area contributed by atoms with E-state index in [-0.39, 0.29) is 0 Å². The molecule has 8 rings (SSSR count). The molecule has 0 unspecified atom stereocenters. The third-order valence-electron chi connectivity index (χ3n) is 7.85. The summed E-state index contributed by atoms with van der Waals surface area (Å²) < 4.78 is 7.05. The highest BCUT2D eigenvalue weighted by molar-refractivity contribution is 5.64. The van der Waals surface area contributed by atoms with Gasteiger partial charge in [0, 0.05) is 0 Å². The smallest absolute Gasteiger partial charge is 0.138 e. The summed E-state index contributed by atoms with van der Waals surface area (Å²) >= 11 is 0. The standard InChI is InChI=1S/C33H24N12/c1-5-25(13-29(9-1)42-21-34-17-38-42)33(26-6-2-10-30(14-26)43-22-35-18-39-43,27-7-3-11-31(15-27)44-23-36-19-40-44)28-8-4-12-32(16-28)45-24-37-20-41-45/h1-24H. The van der Waals surface area contributed by atoms with E-state index in [9.17, 15) is 0 Å². The Morgan fingerprint density at radius 2 is 0.622 bits per heavy atom. The van der Waals surface area contributed by atoms with E-state index in [1.165, 1.54) is 25.3 Å². The molecule has 8 aromatic rings. The Hall–Kier alpha value is -6.56. The molecule has 4 aromatic heterocycles. The first-order valence-electron chi connectivity index (χ1n) is 14.1. The summed E-state index contributed by atoms with van der Waals surface area (Å²) in [5, 5.41) is 17.7. The largest absolute Gasteiger partial charge is 0.223 e. The highest BCUT2D eigenvalue weighted by atomic mass is 15.3. The Morgan fingerprint density at radius 1 is 0.356 bits per heavy atom. The van der Waals surface area contributed by atoms with Crippen molar-refractivity contribution in [2.45, 2.75) is 5.41 Å². The van der Waals surface area contributed by atoms with E-state index < -0.39 is 5.41 Å². The van der Waals surface area contributed by atoms with Gasteiger partial charge in [0.15, 0.2) is 0 Å². The second-order valence-electron chi connectivity index (χ2n) is 10.3. The fourth-order valence-corrected chi connectivity index (χ4v) is 5.89. The molecule has 0 radical (unpaired) electrons. The van der Waals surface area contributed by atoms with Crippen LogP contribution in [0.15, 0.2) is 148 Å². The number of hydrogen-bond donors (Lipinski definition) is 0. The molecule has 0 spiro atoms. The summed E-state index contributed by atoms with van der Waals surface area (Å²) in [7, 11) is 0. The van der Waals surface area contributed by atoms with Crippen LogP contribution >= 0.6 is 0 Å². The van der Waals surface area contributed by atoms with Crippen LogP contribution in [-0.2, 0) is 5.41 Å². The second-order valence-corrected chi connectivity index (χ2v) is 10.3. The first-order valence-corrected chi connectivity index (χ1v) is 14.1. The van der Waals surface area contributed by atoms with E-state index in [1.54, 1.807) is 44.0 Å². The molecule has 12 nitrogen and oxygen atoms in total.